The topological polar surface area (TPSA) is 93.7 Å². The fourth-order valence-electron chi connectivity index (χ4n) is 4.43. The Labute approximate surface area is 197 Å². The minimum absolute atomic E-state index is 0.0400. The van der Waals surface area contributed by atoms with E-state index in [9.17, 15) is 9.59 Å². The summed E-state index contributed by atoms with van der Waals surface area (Å²) >= 11 is 0. The average Bonchev–Trinajstić information content (AvgIpc) is 3.36. The first kappa shape index (κ1) is 21.9. The van der Waals surface area contributed by atoms with Crippen molar-refractivity contribution in [2.45, 2.75) is 38.7 Å². The molecule has 0 spiro atoms. The lowest BCUT2D eigenvalue weighted by Crippen LogP contribution is -2.36. The molecule has 0 radical (unpaired) electrons. The zero-order valence-corrected chi connectivity index (χ0v) is 19.4. The van der Waals surface area contributed by atoms with E-state index in [0.717, 1.165) is 27.8 Å². The molecule has 0 saturated carbocycles. The normalized spacial score (nSPS) is 14.3. The molecule has 2 aromatic carbocycles. The van der Waals surface area contributed by atoms with Gasteiger partial charge in [-0.25, -0.2) is 14.6 Å². The van der Waals surface area contributed by atoms with E-state index in [4.69, 9.17) is 9.47 Å². The molecule has 1 aliphatic carbocycles. The van der Waals surface area contributed by atoms with E-state index in [1.54, 1.807) is 6.20 Å². The maximum Gasteiger partial charge on any atom is 0.416 e. The number of nitrogens with one attached hydrogen (secondary N) is 1. The average molecular weight is 459 g/mol. The summed E-state index contributed by atoms with van der Waals surface area (Å²) in [7, 11) is 0. The Bertz CT molecular complexity index is 1220. The van der Waals surface area contributed by atoms with Gasteiger partial charge < -0.3 is 9.47 Å². The number of fused-ring (bicyclic) bond motifs is 4. The molecule has 0 saturated heterocycles. The van der Waals surface area contributed by atoms with Crippen LogP contribution in [0.25, 0.3) is 11.1 Å². The Morgan fingerprint density at radius 1 is 1.06 bits per heavy atom. The fourth-order valence-corrected chi connectivity index (χ4v) is 4.43. The highest BCUT2D eigenvalue weighted by Crippen LogP contribution is 2.44. The molecule has 174 valence electrons. The smallest absolute Gasteiger partial charge is 0.416 e. The number of amides is 2. The van der Waals surface area contributed by atoms with Gasteiger partial charge in [0.25, 0.3) is 0 Å². The number of nitrogens with zero attached hydrogens (tertiary/aromatic N) is 3. The van der Waals surface area contributed by atoms with E-state index in [1.165, 1.54) is 4.90 Å². The molecular weight excluding hydrogens is 432 g/mol. The molecule has 2 aliphatic rings. The number of hydrogen-bond acceptors (Lipinski definition) is 6. The zero-order chi connectivity index (χ0) is 23.9. The van der Waals surface area contributed by atoms with Gasteiger partial charge in [-0.3, -0.25) is 10.2 Å². The van der Waals surface area contributed by atoms with Gasteiger partial charge in [-0.2, -0.15) is 4.98 Å². The minimum atomic E-state index is -0.649. The van der Waals surface area contributed by atoms with E-state index in [2.05, 4.69) is 39.6 Å². The van der Waals surface area contributed by atoms with Crippen molar-refractivity contribution in [3.63, 3.8) is 0 Å². The second kappa shape index (κ2) is 8.44. The SMILES string of the molecule is CC(C)(C)OC(=O)N1CCc2cnc(NC(=O)OCC3c4ccccc4-c4ccccc43)nc21. The number of ether oxygens (including phenoxy) is 2. The first-order valence-electron chi connectivity index (χ1n) is 11.3. The molecule has 34 heavy (non-hydrogen) atoms. The number of rotatable bonds is 3. The molecule has 1 aliphatic heterocycles. The first-order valence-corrected chi connectivity index (χ1v) is 11.3. The molecule has 0 atom stereocenters. The molecular formula is C26H26N4O4. The number of benzene rings is 2. The molecule has 1 aromatic heterocycles. The zero-order valence-electron chi connectivity index (χ0n) is 19.4. The van der Waals surface area contributed by atoms with Crippen LogP contribution >= 0.6 is 0 Å². The number of hydrogen-bond donors (Lipinski definition) is 1. The highest BCUT2D eigenvalue weighted by atomic mass is 16.6. The van der Waals surface area contributed by atoms with Crippen molar-refractivity contribution in [2.24, 2.45) is 0 Å². The van der Waals surface area contributed by atoms with E-state index in [1.807, 2.05) is 45.0 Å². The van der Waals surface area contributed by atoms with Crippen LogP contribution in [-0.2, 0) is 15.9 Å². The van der Waals surface area contributed by atoms with Crippen LogP contribution in [0.1, 0.15) is 43.4 Å². The van der Waals surface area contributed by atoms with Gasteiger partial charge in [0.15, 0.2) is 0 Å². The van der Waals surface area contributed by atoms with Gasteiger partial charge in [-0.1, -0.05) is 48.5 Å². The van der Waals surface area contributed by atoms with Gasteiger partial charge in [-0.15, -0.1) is 0 Å². The lowest BCUT2D eigenvalue weighted by atomic mass is 9.98. The van der Waals surface area contributed by atoms with Gasteiger partial charge in [0.05, 0.1) is 0 Å². The van der Waals surface area contributed by atoms with E-state index in [-0.39, 0.29) is 18.5 Å². The third-order valence-corrected chi connectivity index (χ3v) is 5.87. The van der Waals surface area contributed by atoms with Crippen LogP contribution in [0.5, 0.6) is 0 Å². The predicted octanol–water partition coefficient (Wildman–Crippen LogP) is 5.14. The largest absolute Gasteiger partial charge is 0.448 e. The maximum atomic E-state index is 12.6. The molecule has 3 aromatic rings. The lowest BCUT2D eigenvalue weighted by Gasteiger charge is -2.24. The fraction of sp³-hybridized carbons (Fsp3) is 0.308. The van der Waals surface area contributed by atoms with Crippen LogP contribution in [0.15, 0.2) is 54.7 Å². The van der Waals surface area contributed by atoms with Crippen molar-refractivity contribution in [3.8, 4) is 11.1 Å². The van der Waals surface area contributed by atoms with Gasteiger partial charge in [-0.05, 0) is 49.4 Å². The third-order valence-electron chi connectivity index (χ3n) is 5.87. The molecule has 2 amide bonds. The van der Waals surface area contributed by atoms with Gasteiger partial charge in [0, 0.05) is 24.2 Å². The molecule has 8 nitrogen and oxygen atoms in total. The predicted molar refractivity (Wildman–Crippen MR) is 128 cm³/mol. The van der Waals surface area contributed by atoms with E-state index >= 15 is 0 Å². The van der Waals surface area contributed by atoms with E-state index < -0.39 is 17.8 Å². The second-order valence-corrected chi connectivity index (χ2v) is 9.37. The highest BCUT2D eigenvalue weighted by molar-refractivity contribution is 5.90. The van der Waals surface area contributed by atoms with Crippen molar-refractivity contribution < 1.29 is 19.1 Å². The third kappa shape index (κ3) is 4.19. The standard InChI is InChI=1S/C26H26N4O4/c1-26(2,3)34-25(32)30-13-12-16-14-27-23(28-22(16)30)29-24(31)33-15-21-19-10-6-4-8-17(19)18-9-5-7-11-20(18)21/h4-11,14,21H,12-13,15H2,1-3H3,(H,27,28,29,31). The quantitative estimate of drug-likeness (QED) is 0.584. The summed E-state index contributed by atoms with van der Waals surface area (Å²) in [5.41, 5.74) is 4.81. The van der Waals surface area contributed by atoms with Crippen molar-refractivity contribution in [3.05, 3.63) is 71.4 Å². The Morgan fingerprint density at radius 3 is 2.35 bits per heavy atom. The Kier molecular flexibility index (Phi) is 5.43. The lowest BCUT2D eigenvalue weighted by molar-refractivity contribution is 0.0583. The Hall–Kier alpha value is -3.94. The van der Waals surface area contributed by atoms with Crippen LogP contribution < -0.4 is 10.2 Å². The van der Waals surface area contributed by atoms with Crippen molar-refractivity contribution in [1.29, 1.82) is 0 Å². The van der Waals surface area contributed by atoms with E-state index in [0.29, 0.717) is 18.8 Å². The summed E-state index contributed by atoms with van der Waals surface area (Å²) in [6.45, 7) is 6.08. The first-order chi connectivity index (χ1) is 16.3. The number of anilines is 2. The van der Waals surface area contributed by atoms with Crippen LogP contribution in [0.4, 0.5) is 21.4 Å². The van der Waals surface area contributed by atoms with Crippen LogP contribution in [0, 0.1) is 0 Å². The maximum absolute atomic E-state index is 12.6. The van der Waals surface area contributed by atoms with Gasteiger partial charge in [0.1, 0.15) is 18.0 Å². The van der Waals surface area contributed by atoms with Crippen molar-refractivity contribution in [1.82, 2.24) is 9.97 Å². The number of carbonyl (C=O) groups is 2. The molecule has 0 unspecified atom stereocenters. The number of carbonyl (C=O) groups excluding carboxylic acids is 2. The monoisotopic (exact) mass is 458 g/mol. The van der Waals surface area contributed by atoms with Crippen molar-refractivity contribution >= 4 is 24.0 Å². The molecule has 0 fully saturated rings. The molecule has 1 N–H and O–H groups in total. The van der Waals surface area contributed by atoms with Crippen LogP contribution in [-0.4, -0.2) is 40.9 Å². The van der Waals surface area contributed by atoms with Crippen molar-refractivity contribution in [2.75, 3.05) is 23.4 Å². The Morgan fingerprint density at radius 2 is 1.71 bits per heavy atom. The summed E-state index contributed by atoms with van der Waals surface area (Å²) < 4.78 is 11.0. The summed E-state index contributed by atoms with van der Waals surface area (Å²) in [4.78, 5) is 35.2. The molecule has 2 heterocycles. The summed E-state index contributed by atoms with van der Waals surface area (Å²) in [6, 6.07) is 16.3. The molecule has 0 bridgehead atoms. The van der Waals surface area contributed by atoms with Gasteiger partial charge >= 0.3 is 12.2 Å². The van der Waals surface area contributed by atoms with Crippen LogP contribution in [0.3, 0.4) is 0 Å². The second-order valence-electron chi connectivity index (χ2n) is 9.37. The summed E-state index contributed by atoms with van der Waals surface area (Å²) in [5.74, 6) is 0.478. The van der Waals surface area contributed by atoms with Gasteiger partial charge in [0.2, 0.25) is 5.95 Å². The Balaban J connectivity index is 1.27. The minimum Gasteiger partial charge on any atom is -0.448 e. The molecule has 5 rings (SSSR count). The summed E-state index contributed by atoms with van der Waals surface area (Å²) in [6.07, 6.45) is 1.12. The number of aromatic nitrogens is 2. The van der Waals surface area contributed by atoms with Crippen LogP contribution in [0.2, 0.25) is 0 Å². The molecule has 8 heteroatoms. The highest BCUT2D eigenvalue weighted by Gasteiger charge is 2.32. The summed E-state index contributed by atoms with van der Waals surface area (Å²) in [5, 5.41) is 2.59.